The van der Waals surface area contributed by atoms with E-state index in [2.05, 4.69) is 18.0 Å². The van der Waals surface area contributed by atoms with Gasteiger partial charge >= 0.3 is 0 Å². The Kier molecular flexibility index (Phi) is 3.54. The van der Waals surface area contributed by atoms with Crippen LogP contribution in [0.4, 0.5) is 0 Å². The van der Waals surface area contributed by atoms with Crippen LogP contribution in [-0.4, -0.2) is 11.6 Å². The fourth-order valence-electron chi connectivity index (χ4n) is 1.52. The molecule has 0 amide bonds. The molecule has 0 spiro atoms. The first kappa shape index (κ1) is 10.7. The molecule has 16 heavy (non-hydrogen) atoms. The minimum atomic E-state index is 0.667. The third kappa shape index (κ3) is 3.09. The van der Waals surface area contributed by atoms with E-state index in [0.717, 1.165) is 17.9 Å². The Morgan fingerprint density at radius 3 is 2.81 bits per heavy atom. The first-order valence-electron chi connectivity index (χ1n) is 5.44. The Morgan fingerprint density at radius 1 is 1.12 bits per heavy atom. The Morgan fingerprint density at radius 2 is 2.06 bits per heavy atom. The van der Waals surface area contributed by atoms with Crippen LogP contribution in [0.3, 0.4) is 0 Å². The molecule has 0 bridgehead atoms. The van der Waals surface area contributed by atoms with Crippen LogP contribution in [-0.2, 0) is 6.42 Å². The number of ether oxygens (including phenoxy) is 1. The SMILES string of the molecule is Cc1cccc(OCCc2ccccn2)c1. The molecule has 1 heterocycles. The molecule has 2 heteroatoms. The van der Waals surface area contributed by atoms with Crippen molar-refractivity contribution in [3.8, 4) is 5.75 Å². The zero-order valence-electron chi connectivity index (χ0n) is 9.39. The van der Waals surface area contributed by atoms with E-state index >= 15 is 0 Å². The topological polar surface area (TPSA) is 22.1 Å². The van der Waals surface area contributed by atoms with Gasteiger partial charge in [-0.1, -0.05) is 18.2 Å². The molecule has 82 valence electrons. The lowest BCUT2D eigenvalue weighted by atomic mass is 10.2. The number of hydrogen-bond donors (Lipinski definition) is 0. The summed E-state index contributed by atoms with van der Waals surface area (Å²) >= 11 is 0. The van der Waals surface area contributed by atoms with E-state index in [1.807, 2.05) is 42.6 Å². The number of aryl methyl sites for hydroxylation is 1. The number of pyridine rings is 1. The van der Waals surface area contributed by atoms with Crippen molar-refractivity contribution in [1.29, 1.82) is 0 Å². The minimum Gasteiger partial charge on any atom is -0.493 e. The van der Waals surface area contributed by atoms with Gasteiger partial charge in [0.05, 0.1) is 6.61 Å². The van der Waals surface area contributed by atoms with Gasteiger partial charge in [0.2, 0.25) is 0 Å². The number of benzene rings is 1. The molecule has 0 unspecified atom stereocenters. The molecular weight excluding hydrogens is 198 g/mol. The molecule has 0 fully saturated rings. The van der Waals surface area contributed by atoms with E-state index in [4.69, 9.17) is 4.74 Å². The van der Waals surface area contributed by atoms with Crippen molar-refractivity contribution in [3.63, 3.8) is 0 Å². The molecule has 0 atom stereocenters. The van der Waals surface area contributed by atoms with Gasteiger partial charge < -0.3 is 4.74 Å². The number of nitrogens with zero attached hydrogens (tertiary/aromatic N) is 1. The standard InChI is InChI=1S/C14H15NO/c1-12-5-4-7-14(11-12)16-10-8-13-6-2-3-9-15-13/h2-7,9,11H,8,10H2,1H3. The predicted octanol–water partition coefficient (Wildman–Crippen LogP) is 3.01. The van der Waals surface area contributed by atoms with Crippen LogP contribution in [0.25, 0.3) is 0 Å². The van der Waals surface area contributed by atoms with Crippen LogP contribution in [0.2, 0.25) is 0 Å². The average molecular weight is 213 g/mol. The summed E-state index contributed by atoms with van der Waals surface area (Å²) in [4.78, 5) is 4.25. The van der Waals surface area contributed by atoms with Crippen LogP contribution in [0.1, 0.15) is 11.3 Å². The summed E-state index contributed by atoms with van der Waals surface area (Å²) in [5.74, 6) is 0.927. The van der Waals surface area contributed by atoms with Crippen molar-refractivity contribution in [2.24, 2.45) is 0 Å². The van der Waals surface area contributed by atoms with Gasteiger partial charge in [-0.05, 0) is 36.8 Å². The molecule has 2 nitrogen and oxygen atoms in total. The van der Waals surface area contributed by atoms with Crippen LogP contribution in [0.5, 0.6) is 5.75 Å². The van der Waals surface area contributed by atoms with Crippen molar-refractivity contribution in [3.05, 3.63) is 59.9 Å². The van der Waals surface area contributed by atoms with Crippen LogP contribution in [0.15, 0.2) is 48.7 Å². The van der Waals surface area contributed by atoms with Crippen molar-refractivity contribution in [1.82, 2.24) is 4.98 Å². The second-order valence-electron chi connectivity index (χ2n) is 3.74. The molecular formula is C14H15NO. The van der Waals surface area contributed by atoms with Gasteiger partial charge in [0.15, 0.2) is 0 Å². The maximum absolute atomic E-state index is 5.65. The Hall–Kier alpha value is -1.83. The highest BCUT2D eigenvalue weighted by molar-refractivity contribution is 5.27. The second-order valence-corrected chi connectivity index (χ2v) is 3.74. The van der Waals surface area contributed by atoms with Gasteiger partial charge in [-0.15, -0.1) is 0 Å². The lowest BCUT2D eigenvalue weighted by Gasteiger charge is -2.06. The van der Waals surface area contributed by atoms with Crippen molar-refractivity contribution >= 4 is 0 Å². The summed E-state index contributed by atoms with van der Waals surface area (Å²) in [5.41, 5.74) is 2.28. The molecule has 0 radical (unpaired) electrons. The average Bonchev–Trinajstić information content (AvgIpc) is 2.30. The van der Waals surface area contributed by atoms with Crippen molar-refractivity contribution in [2.45, 2.75) is 13.3 Å². The summed E-state index contributed by atoms with van der Waals surface area (Å²) in [6.07, 6.45) is 2.65. The first-order valence-corrected chi connectivity index (χ1v) is 5.44. The Bertz CT molecular complexity index is 439. The van der Waals surface area contributed by atoms with E-state index < -0.39 is 0 Å². The Labute approximate surface area is 95.9 Å². The van der Waals surface area contributed by atoms with E-state index in [1.165, 1.54) is 5.56 Å². The zero-order valence-corrected chi connectivity index (χ0v) is 9.39. The molecule has 0 aliphatic heterocycles. The van der Waals surface area contributed by atoms with Gasteiger partial charge in [-0.2, -0.15) is 0 Å². The summed E-state index contributed by atoms with van der Waals surface area (Å²) in [6.45, 7) is 2.73. The predicted molar refractivity (Wildman–Crippen MR) is 64.6 cm³/mol. The first-order chi connectivity index (χ1) is 7.84. The maximum Gasteiger partial charge on any atom is 0.119 e. The summed E-state index contributed by atoms with van der Waals surface area (Å²) < 4.78 is 5.65. The van der Waals surface area contributed by atoms with Crippen molar-refractivity contribution < 1.29 is 4.74 Å². The molecule has 0 saturated carbocycles. The van der Waals surface area contributed by atoms with Gasteiger partial charge in [0.25, 0.3) is 0 Å². The molecule has 0 aliphatic rings. The van der Waals surface area contributed by atoms with Gasteiger partial charge in [0, 0.05) is 18.3 Å². The summed E-state index contributed by atoms with van der Waals surface area (Å²) in [7, 11) is 0. The third-order valence-electron chi connectivity index (χ3n) is 2.34. The molecule has 2 aromatic rings. The molecule has 1 aromatic carbocycles. The molecule has 0 aliphatic carbocycles. The fraction of sp³-hybridized carbons (Fsp3) is 0.214. The van der Waals surface area contributed by atoms with Gasteiger partial charge in [-0.25, -0.2) is 0 Å². The van der Waals surface area contributed by atoms with E-state index in [-0.39, 0.29) is 0 Å². The highest BCUT2D eigenvalue weighted by atomic mass is 16.5. The summed E-state index contributed by atoms with van der Waals surface area (Å²) in [5, 5.41) is 0. The minimum absolute atomic E-state index is 0.667. The van der Waals surface area contributed by atoms with E-state index in [9.17, 15) is 0 Å². The smallest absolute Gasteiger partial charge is 0.119 e. The number of hydrogen-bond acceptors (Lipinski definition) is 2. The highest BCUT2D eigenvalue weighted by Gasteiger charge is 1.96. The van der Waals surface area contributed by atoms with Gasteiger partial charge in [0.1, 0.15) is 5.75 Å². The molecule has 0 N–H and O–H groups in total. The van der Waals surface area contributed by atoms with Crippen LogP contribution in [0, 0.1) is 6.92 Å². The third-order valence-corrected chi connectivity index (χ3v) is 2.34. The lowest BCUT2D eigenvalue weighted by Crippen LogP contribution is -2.02. The molecule has 1 aromatic heterocycles. The number of rotatable bonds is 4. The van der Waals surface area contributed by atoms with Gasteiger partial charge in [-0.3, -0.25) is 4.98 Å². The Balaban J connectivity index is 1.85. The monoisotopic (exact) mass is 213 g/mol. The van der Waals surface area contributed by atoms with Crippen LogP contribution < -0.4 is 4.74 Å². The number of aromatic nitrogens is 1. The zero-order chi connectivity index (χ0) is 11.2. The van der Waals surface area contributed by atoms with Crippen molar-refractivity contribution in [2.75, 3.05) is 6.61 Å². The van der Waals surface area contributed by atoms with E-state index in [1.54, 1.807) is 0 Å². The molecule has 2 rings (SSSR count). The fourth-order valence-corrected chi connectivity index (χ4v) is 1.52. The molecule has 0 saturated heterocycles. The lowest BCUT2D eigenvalue weighted by molar-refractivity contribution is 0.320. The summed E-state index contributed by atoms with van der Waals surface area (Å²) in [6, 6.07) is 14.0. The normalized spacial score (nSPS) is 10.1. The second kappa shape index (κ2) is 5.31. The van der Waals surface area contributed by atoms with Crippen LogP contribution >= 0.6 is 0 Å². The van der Waals surface area contributed by atoms with E-state index in [0.29, 0.717) is 6.61 Å². The largest absolute Gasteiger partial charge is 0.493 e. The highest BCUT2D eigenvalue weighted by Crippen LogP contribution is 2.12. The quantitative estimate of drug-likeness (QED) is 0.778. The maximum atomic E-state index is 5.65.